The number of nitrogens with zero attached hydrogens (tertiary/aromatic N) is 1. The summed E-state index contributed by atoms with van der Waals surface area (Å²) in [6, 6.07) is 0.205. The number of amidine groups is 1. The summed E-state index contributed by atoms with van der Waals surface area (Å²) < 4.78 is 0. The number of rotatable bonds is 4. The lowest BCUT2D eigenvalue weighted by molar-refractivity contribution is -0.128. The van der Waals surface area contributed by atoms with Crippen LogP contribution in [0.25, 0.3) is 0 Å². The zero-order valence-corrected chi connectivity index (χ0v) is 12.4. The Morgan fingerprint density at radius 1 is 1.42 bits per heavy atom. The van der Waals surface area contributed by atoms with Gasteiger partial charge in [-0.2, -0.15) is 0 Å². The van der Waals surface area contributed by atoms with Crippen LogP contribution in [0.5, 0.6) is 0 Å². The van der Waals surface area contributed by atoms with E-state index >= 15 is 0 Å². The standard InChI is InChI=1S/C14H27N3O2/c1-5-14(4,12(15)17-19)13(18)16-11-7-6-9(2)10(3)8-11/h9-11,19H,5-8H2,1-4H3,(H2,15,17)(H,16,18). The van der Waals surface area contributed by atoms with Crippen LogP contribution in [0.15, 0.2) is 5.16 Å². The molecule has 0 heterocycles. The SMILES string of the molecule is CCC(C)(C(=O)NC1CCC(C)C(C)C1)C(N)=NO. The van der Waals surface area contributed by atoms with Crippen molar-refractivity contribution in [3.63, 3.8) is 0 Å². The van der Waals surface area contributed by atoms with Gasteiger partial charge in [0.1, 0.15) is 5.41 Å². The molecule has 0 aromatic carbocycles. The van der Waals surface area contributed by atoms with E-state index in [1.54, 1.807) is 6.92 Å². The highest BCUT2D eigenvalue weighted by Gasteiger charge is 2.38. The summed E-state index contributed by atoms with van der Waals surface area (Å²) in [5.41, 5.74) is 4.73. The molecule has 4 N–H and O–H groups in total. The van der Waals surface area contributed by atoms with Crippen LogP contribution in [0.4, 0.5) is 0 Å². The number of nitrogens with one attached hydrogen (secondary N) is 1. The Labute approximate surface area is 115 Å². The molecule has 1 aliphatic carbocycles. The molecule has 0 aliphatic heterocycles. The van der Waals surface area contributed by atoms with Crippen LogP contribution in [0, 0.1) is 17.3 Å². The summed E-state index contributed by atoms with van der Waals surface area (Å²) in [5, 5.41) is 14.9. The van der Waals surface area contributed by atoms with Crippen molar-refractivity contribution in [1.82, 2.24) is 5.32 Å². The van der Waals surface area contributed by atoms with E-state index in [1.165, 1.54) is 0 Å². The van der Waals surface area contributed by atoms with E-state index < -0.39 is 5.41 Å². The molecule has 1 saturated carbocycles. The van der Waals surface area contributed by atoms with Gasteiger partial charge in [0, 0.05) is 6.04 Å². The van der Waals surface area contributed by atoms with Gasteiger partial charge >= 0.3 is 0 Å². The molecule has 5 nitrogen and oxygen atoms in total. The molecule has 0 spiro atoms. The highest BCUT2D eigenvalue weighted by molar-refractivity contribution is 6.06. The second-order valence-corrected chi connectivity index (χ2v) is 6.11. The van der Waals surface area contributed by atoms with Crippen molar-refractivity contribution in [3.8, 4) is 0 Å². The first-order valence-corrected chi connectivity index (χ1v) is 7.14. The van der Waals surface area contributed by atoms with E-state index in [4.69, 9.17) is 10.9 Å². The average Bonchev–Trinajstić information content (AvgIpc) is 2.40. The average molecular weight is 269 g/mol. The van der Waals surface area contributed by atoms with Crippen molar-refractivity contribution in [2.45, 2.75) is 59.4 Å². The lowest BCUT2D eigenvalue weighted by Gasteiger charge is -2.35. The van der Waals surface area contributed by atoms with Crippen LogP contribution in [-0.2, 0) is 4.79 Å². The lowest BCUT2D eigenvalue weighted by atomic mass is 9.78. The van der Waals surface area contributed by atoms with Crippen LogP contribution in [0.2, 0.25) is 0 Å². The van der Waals surface area contributed by atoms with E-state index in [2.05, 4.69) is 24.3 Å². The Bertz CT molecular complexity index is 357. The zero-order valence-electron chi connectivity index (χ0n) is 12.4. The van der Waals surface area contributed by atoms with Gasteiger partial charge in [-0.3, -0.25) is 4.79 Å². The van der Waals surface area contributed by atoms with E-state index in [-0.39, 0.29) is 17.8 Å². The van der Waals surface area contributed by atoms with Crippen molar-refractivity contribution in [2.75, 3.05) is 0 Å². The molecule has 110 valence electrons. The van der Waals surface area contributed by atoms with Gasteiger partial charge < -0.3 is 16.3 Å². The molecular weight excluding hydrogens is 242 g/mol. The third-order valence-electron chi connectivity index (χ3n) is 4.81. The number of carbonyl (C=O) groups is 1. The van der Waals surface area contributed by atoms with E-state index in [0.717, 1.165) is 25.2 Å². The lowest BCUT2D eigenvalue weighted by Crippen LogP contribution is -2.51. The maximum atomic E-state index is 12.4. The van der Waals surface area contributed by atoms with Crippen molar-refractivity contribution in [1.29, 1.82) is 0 Å². The van der Waals surface area contributed by atoms with Crippen molar-refractivity contribution < 1.29 is 10.0 Å². The smallest absolute Gasteiger partial charge is 0.233 e. The van der Waals surface area contributed by atoms with E-state index in [9.17, 15) is 4.79 Å². The summed E-state index contributed by atoms with van der Waals surface area (Å²) in [6.45, 7) is 8.07. The van der Waals surface area contributed by atoms with E-state index in [0.29, 0.717) is 12.3 Å². The van der Waals surface area contributed by atoms with Gasteiger partial charge in [0.25, 0.3) is 0 Å². The van der Waals surface area contributed by atoms with E-state index in [1.807, 2.05) is 6.92 Å². The Morgan fingerprint density at radius 2 is 2.05 bits per heavy atom. The first-order valence-electron chi connectivity index (χ1n) is 7.14. The molecule has 0 saturated heterocycles. The highest BCUT2D eigenvalue weighted by atomic mass is 16.4. The summed E-state index contributed by atoms with van der Waals surface area (Å²) in [5.74, 6) is 1.17. The van der Waals surface area contributed by atoms with Crippen LogP contribution >= 0.6 is 0 Å². The number of nitrogens with two attached hydrogens (primary N) is 1. The predicted molar refractivity (Wildman–Crippen MR) is 75.9 cm³/mol. The Kier molecular flexibility index (Phi) is 5.20. The molecule has 5 heteroatoms. The minimum Gasteiger partial charge on any atom is -0.409 e. The monoisotopic (exact) mass is 269 g/mol. The Hall–Kier alpha value is -1.26. The summed E-state index contributed by atoms with van der Waals surface area (Å²) in [4.78, 5) is 12.4. The number of amides is 1. The van der Waals surface area contributed by atoms with Crippen molar-refractivity contribution >= 4 is 11.7 Å². The topological polar surface area (TPSA) is 87.7 Å². The van der Waals surface area contributed by atoms with Gasteiger partial charge in [0.05, 0.1) is 0 Å². The van der Waals surface area contributed by atoms with Gasteiger partial charge in [-0.25, -0.2) is 0 Å². The van der Waals surface area contributed by atoms with Crippen molar-refractivity contribution in [3.05, 3.63) is 0 Å². The first-order chi connectivity index (χ1) is 8.85. The minimum atomic E-state index is -0.930. The van der Waals surface area contributed by atoms with Crippen LogP contribution in [0.3, 0.4) is 0 Å². The summed E-state index contributed by atoms with van der Waals surface area (Å²) >= 11 is 0. The van der Waals surface area contributed by atoms with Gasteiger partial charge in [0.2, 0.25) is 5.91 Å². The second-order valence-electron chi connectivity index (χ2n) is 6.11. The van der Waals surface area contributed by atoms with Gasteiger partial charge in [-0.05, 0) is 44.4 Å². The fourth-order valence-electron chi connectivity index (χ4n) is 2.59. The zero-order chi connectivity index (χ0) is 14.6. The molecule has 1 fully saturated rings. The number of hydrogen-bond acceptors (Lipinski definition) is 3. The number of carbonyl (C=O) groups excluding carboxylic acids is 1. The fourth-order valence-corrected chi connectivity index (χ4v) is 2.59. The van der Waals surface area contributed by atoms with Gasteiger partial charge in [-0.15, -0.1) is 0 Å². The minimum absolute atomic E-state index is 0.0234. The third kappa shape index (κ3) is 3.39. The number of hydrogen-bond donors (Lipinski definition) is 3. The predicted octanol–water partition coefficient (Wildman–Crippen LogP) is 2.09. The van der Waals surface area contributed by atoms with Gasteiger partial charge in [0.15, 0.2) is 5.84 Å². The molecule has 0 bridgehead atoms. The first kappa shape index (κ1) is 15.8. The largest absolute Gasteiger partial charge is 0.409 e. The molecular formula is C14H27N3O2. The Morgan fingerprint density at radius 3 is 2.53 bits per heavy atom. The van der Waals surface area contributed by atoms with Crippen LogP contribution in [-0.4, -0.2) is 23.0 Å². The summed E-state index contributed by atoms with van der Waals surface area (Å²) in [6.07, 6.45) is 3.65. The fraction of sp³-hybridized carbons (Fsp3) is 0.857. The normalized spacial score (nSPS) is 31.6. The van der Waals surface area contributed by atoms with Crippen LogP contribution in [0.1, 0.15) is 53.4 Å². The highest BCUT2D eigenvalue weighted by Crippen LogP contribution is 2.30. The van der Waals surface area contributed by atoms with Gasteiger partial charge in [-0.1, -0.05) is 25.9 Å². The molecule has 1 amide bonds. The number of oxime groups is 1. The maximum Gasteiger partial charge on any atom is 0.233 e. The molecule has 19 heavy (non-hydrogen) atoms. The summed E-state index contributed by atoms with van der Waals surface area (Å²) in [7, 11) is 0. The molecule has 1 rings (SSSR count). The molecule has 0 radical (unpaired) electrons. The van der Waals surface area contributed by atoms with Crippen LogP contribution < -0.4 is 11.1 Å². The third-order valence-corrected chi connectivity index (χ3v) is 4.81. The maximum absolute atomic E-state index is 12.4. The molecule has 4 unspecified atom stereocenters. The molecule has 4 atom stereocenters. The molecule has 1 aliphatic rings. The molecule has 0 aromatic rings. The Balaban J connectivity index is 2.68. The second kappa shape index (κ2) is 6.26. The quantitative estimate of drug-likeness (QED) is 0.316. The molecule has 0 aromatic heterocycles. The van der Waals surface area contributed by atoms with Crippen molar-refractivity contribution in [2.24, 2.45) is 28.1 Å².